The van der Waals surface area contributed by atoms with Gasteiger partial charge in [-0.25, -0.2) is 4.98 Å². The van der Waals surface area contributed by atoms with Crippen LogP contribution < -0.4 is 5.32 Å². The first-order valence-electron chi connectivity index (χ1n) is 8.40. The number of aromatic nitrogens is 1. The standard InChI is InChI=1S/C19H22N2O3S/c1-25-19-16(3-2-10-20-19)18(24)21-13-6-4-12(5-7-13)15-9-8-14(22)11-17(15)23/h2-3,8-13,22-23H,4-7H2,1H3,(H,21,24). The summed E-state index contributed by atoms with van der Waals surface area (Å²) in [5.74, 6) is 0.401. The summed E-state index contributed by atoms with van der Waals surface area (Å²) in [4.78, 5) is 16.7. The monoisotopic (exact) mass is 358 g/mol. The highest BCUT2D eigenvalue weighted by Gasteiger charge is 2.26. The van der Waals surface area contributed by atoms with Crippen LogP contribution in [0.15, 0.2) is 41.6 Å². The Morgan fingerprint density at radius 3 is 2.64 bits per heavy atom. The van der Waals surface area contributed by atoms with Crippen molar-refractivity contribution >= 4 is 17.7 Å². The molecule has 0 aliphatic heterocycles. The van der Waals surface area contributed by atoms with Crippen LogP contribution in [0.25, 0.3) is 0 Å². The molecule has 0 bridgehead atoms. The first-order valence-corrected chi connectivity index (χ1v) is 9.62. The van der Waals surface area contributed by atoms with Crippen LogP contribution in [-0.4, -0.2) is 33.4 Å². The first kappa shape index (κ1) is 17.6. The summed E-state index contributed by atoms with van der Waals surface area (Å²) in [6.45, 7) is 0. The lowest BCUT2D eigenvalue weighted by Gasteiger charge is -2.29. The van der Waals surface area contributed by atoms with Crippen molar-refractivity contribution < 1.29 is 15.0 Å². The number of carbonyl (C=O) groups excluding carboxylic acids is 1. The summed E-state index contributed by atoms with van der Waals surface area (Å²) in [5.41, 5.74) is 1.49. The van der Waals surface area contributed by atoms with E-state index in [4.69, 9.17) is 0 Å². The number of phenols is 2. The highest BCUT2D eigenvalue weighted by atomic mass is 32.2. The number of amides is 1. The van der Waals surface area contributed by atoms with E-state index in [0.717, 1.165) is 36.3 Å². The zero-order valence-electron chi connectivity index (χ0n) is 14.1. The van der Waals surface area contributed by atoms with E-state index in [1.165, 1.54) is 17.8 Å². The normalized spacial score (nSPS) is 20.2. The van der Waals surface area contributed by atoms with E-state index in [9.17, 15) is 15.0 Å². The van der Waals surface area contributed by atoms with Gasteiger partial charge in [0.1, 0.15) is 16.5 Å². The largest absolute Gasteiger partial charge is 0.508 e. The van der Waals surface area contributed by atoms with Gasteiger partial charge < -0.3 is 15.5 Å². The van der Waals surface area contributed by atoms with E-state index in [1.54, 1.807) is 30.5 Å². The van der Waals surface area contributed by atoms with Gasteiger partial charge >= 0.3 is 0 Å². The molecule has 1 aliphatic rings. The van der Waals surface area contributed by atoms with Crippen LogP contribution in [-0.2, 0) is 0 Å². The van der Waals surface area contributed by atoms with Crippen molar-refractivity contribution in [3.05, 3.63) is 47.7 Å². The molecule has 2 aromatic rings. The molecular formula is C19H22N2O3S. The summed E-state index contributed by atoms with van der Waals surface area (Å²) in [6, 6.07) is 8.49. The number of pyridine rings is 1. The fourth-order valence-corrected chi connectivity index (χ4v) is 3.96. The van der Waals surface area contributed by atoms with E-state index in [0.29, 0.717) is 5.56 Å². The van der Waals surface area contributed by atoms with Crippen LogP contribution in [0.5, 0.6) is 11.5 Å². The second kappa shape index (κ2) is 7.78. The number of nitrogens with zero attached hydrogens (tertiary/aromatic N) is 1. The molecule has 25 heavy (non-hydrogen) atoms. The number of nitrogens with one attached hydrogen (secondary N) is 1. The third kappa shape index (κ3) is 4.07. The molecule has 0 unspecified atom stereocenters. The lowest BCUT2D eigenvalue weighted by atomic mass is 9.81. The van der Waals surface area contributed by atoms with Crippen molar-refractivity contribution in [3.63, 3.8) is 0 Å². The van der Waals surface area contributed by atoms with Gasteiger partial charge in [0.05, 0.1) is 5.56 Å². The van der Waals surface area contributed by atoms with Crippen LogP contribution in [0.1, 0.15) is 47.5 Å². The Morgan fingerprint density at radius 2 is 1.96 bits per heavy atom. The van der Waals surface area contributed by atoms with Crippen molar-refractivity contribution in [1.82, 2.24) is 10.3 Å². The van der Waals surface area contributed by atoms with Gasteiger partial charge in [0.2, 0.25) is 0 Å². The van der Waals surface area contributed by atoms with Gasteiger partial charge in [-0.3, -0.25) is 4.79 Å². The third-order valence-electron chi connectivity index (χ3n) is 4.73. The Bertz CT molecular complexity index is 758. The second-order valence-corrected chi connectivity index (χ2v) is 7.12. The smallest absolute Gasteiger partial charge is 0.254 e. The molecule has 6 heteroatoms. The van der Waals surface area contributed by atoms with Gasteiger partial charge in [-0.05, 0) is 61.6 Å². The predicted octanol–water partition coefficient (Wildman–Crippen LogP) is 3.67. The molecule has 1 heterocycles. The van der Waals surface area contributed by atoms with Crippen molar-refractivity contribution in [2.75, 3.05) is 6.26 Å². The molecule has 5 nitrogen and oxygen atoms in total. The van der Waals surface area contributed by atoms with Crippen molar-refractivity contribution in [2.45, 2.75) is 42.7 Å². The van der Waals surface area contributed by atoms with Gasteiger partial charge in [-0.2, -0.15) is 0 Å². The fraction of sp³-hybridized carbons (Fsp3) is 0.368. The van der Waals surface area contributed by atoms with E-state index >= 15 is 0 Å². The van der Waals surface area contributed by atoms with E-state index < -0.39 is 0 Å². The highest BCUT2D eigenvalue weighted by molar-refractivity contribution is 7.98. The number of phenolic OH excluding ortho intramolecular Hbond substituents is 2. The van der Waals surface area contributed by atoms with Gasteiger partial charge in [-0.15, -0.1) is 11.8 Å². The molecule has 1 amide bonds. The summed E-state index contributed by atoms with van der Waals surface area (Å²) >= 11 is 1.47. The van der Waals surface area contributed by atoms with E-state index in [1.807, 2.05) is 6.26 Å². The van der Waals surface area contributed by atoms with Crippen LogP contribution in [0.2, 0.25) is 0 Å². The maximum absolute atomic E-state index is 12.5. The second-order valence-electron chi connectivity index (χ2n) is 6.33. The van der Waals surface area contributed by atoms with Crippen molar-refractivity contribution in [2.24, 2.45) is 0 Å². The number of thioether (sulfide) groups is 1. The average molecular weight is 358 g/mol. The molecular weight excluding hydrogens is 336 g/mol. The Hall–Kier alpha value is -2.21. The molecule has 132 valence electrons. The van der Waals surface area contributed by atoms with Crippen LogP contribution in [0, 0.1) is 0 Å². The maximum atomic E-state index is 12.5. The Labute approximate surface area is 151 Å². The maximum Gasteiger partial charge on any atom is 0.254 e. The van der Waals surface area contributed by atoms with E-state index in [2.05, 4.69) is 10.3 Å². The Balaban J connectivity index is 1.60. The van der Waals surface area contributed by atoms with Crippen LogP contribution in [0.4, 0.5) is 0 Å². The Kier molecular flexibility index (Phi) is 5.48. The zero-order valence-corrected chi connectivity index (χ0v) is 14.9. The summed E-state index contributed by atoms with van der Waals surface area (Å²) in [7, 11) is 0. The number of rotatable bonds is 4. The zero-order chi connectivity index (χ0) is 17.8. The predicted molar refractivity (Wildman–Crippen MR) is 98.3 cm³/mol. The van der Waals surface area contributed by atoms with Gasteiger partial charge in [0, 0.05) is 18.3 Å². The van der Waals surface area contributed by atoms with Gasteiger partial charge in [-0.1, -0.05) is 6.07 Å². The molecule has 1 fully saturated rings. The molecule has 0 atom stereocenters. The first-order chi connectivity index (χ1) is 12.1. The Morgan fingerprint density at radius 1 is 1.20 bits per heavy atom. The third-order valence-corrected chi connectivity index (χ3v) is 5.44. The summed E-state index contributed by atoms with van der Waals surface area (Å²) in [5, 5.41) is 23.3. The number of hydrogen-bond donors (Lipinski definition) is 3. The molecule has 3 rings (SSSR count). The summed E-state index contributed by atoms with van der Waals surface area (Å²) in [6.07, 6.45) is 7.13. The number of benzene rings is 1. The minimum atomic E-state index is -0.0756. The van der Waals surface area contributed by atoms with Crippen molar-refractivity contribution in [1.29, 1.82) is 0 Å². The average Bonchev–Trinajstić information content (AvgIpc) is 2.62. The lowest BCUT2D eigenvalue weighted by Crippen LogP contribution is -2.37. The molecule has 1 aromatic heterocycles. The topological polar surface area (TPSA) is 82.5 Å². The quantitative estimate of drug-likeness (QED) is 0.727. The minimum Gasteiger partial charge on any atom is -0.508 e. The highest BCUT2D eigenvalue weighted by Crippen LogP contribution is 2.38. The molecule has 1 aliphatic carbocycles. The van der Waals surface area contributed by atoms with Crippen LogP contribution >= 0.6 is 11.8 Å². The van der Waals surface area contributed by atoms with E-state index in [-0.39, 0.29) is 29.4 Å². The molecule has 3 N–H and O–H groups in total. The van der Waals surface area contributed by atoms with Crippen LogP contribution in [0.3, 0.4) is 0 Å². The molecule has 0 saturated heterocycles. The lowest BCUT2D eigenvalue weighted by molar-refractivity contribution is 0.0922. The SMILES string of the molecule is CSc1ncccc1C(=O)NC1CCC(c2ccc(O)cc2O)CC1. The van der Waals surface area contributed by atoms with Gasteiger partial charge in [0.25, 0.3) is 5.91 Å². The minimum absolute atomic E-state index is 0.0725. The number of carbonyl (C=O) groups is 1. The molecule has 1 saturated carbocycles. The van der Waals surface area contributed by atoms with Gasteiger partial charge in [0.15, 0.2) is 0 Å². The van der Waals surface area contributed by atoms with Crippen molar-refractivity contribution in [3.8, 4) is 11.5 Å². The molecule has 0 radical (unpaired) electrons. The molecule has 0 spiro atoms. The summed E-state index contributed by atoms with van der Waals surface area (Å²) < 4.78 is 0. The fourth-order valence-electron chi connectivity index (χ4n) is 3.42. The number of aromatic hydroxyl groups is 2. The molecule has 1 aromatic carbocycles. The number of hydrogen-bond acceptors (Lipinski definition) is 5.